The zero-order chi connectivity index (χ0) is 37.2. The van der Waals surface area contributed by atoms with Crippen LogP contribution in [0.4, 0.5) is 0 Å². The molecule has 2 nitrogen and oxygen atoms in total. The van der Waals surface area contributed by atoms with Crippen molar-refractivity contribution in [2.24, 2.45) is 0 Å². The summed E-state index contributed by atoms with van der Waals surface area (Å²) in [5, 5.41) is 16.5. The molecule has 0 spiro atoms. The molecule has 1 atom stereocenters. The van der Waals surface area contributed by atoms with Gasteiger partial charge in [0, 0.05) is 0 Å². The Labute approximate surface area is 334 Å². The molecule has 0 aliphatic carbocycles. The second kappa shape index (κ2) is 13.5. The van der Waals surface area contributed by atoms with Crippen molar-refractivity contribution in [1.82, 2.24) is 9.38 Å². The monoisotopic (exact) mass is 816 g/mol. The Morgan fingerprint density at radius 2 is 1.04 bits per heavy atom. The molecule has 2 heterocycles. The first-order valence-electron chi connectivity index (χ1n) is 18.9. The first-order valence-corrected chi connectivity index (χ1v) is 24.3. The van der Waals surface area contributed by atoms with Crippen molar-refractivity contribution >= 4 is 120 Å². The topological polar surface area (TPSA) is 17.3 Å². The van der Waals surface area contributed by atoms with E-state index in [0.717, 1.165) is 22.2 Å². The van der Waals surface area contributed by atoms with Crippen LogP contribution in [0.25, 0.3) is 59.9 Å². The molecule has 0 N–H and O–H groups in total. The normalized spacial score (nSPS) is 13.0. The molecular formula is C51H34N2P2Se. The second-order valence-electron chi connectivity index (χ2n) is 14.3. The summed E-state index contributed by atoms with van der Waals surface area (Å²) in [4.78, 5) is 5.83. The Balaban J connectivity index is 1.25. The summed E-state index contributed by atoms with van der Waals surface area (Å²) in [5.74, 6) is 0. The number of nitrogens with zero attached hydrogens (tertiary/aromatic N) is 2. The third-order valence-electron chi connectivity index (χ3n) is 11.2. The van der Waals surface area contributed by atoms with Gasteiger partial charge in [-0.15, -0.1) is 0 Å². The Hall–Kier alpha value is -5.65. The molecule has 0 fully saturated rings. The van der Waals surface area contributed by atoms with E-state index in [1.54, 1.807) is 0 Å². The number of benzene rings is 9. The van der Waals surface area contributed by atoms with E-state index in [-0.39, 0.29) is 0 Å². The summed E-state index contributed by atoms with van der Waals surface area (Å²) in [5.41, 5.74) is 1.99. The van der Waals surface area contributed by atoms with Crippen molar-refractivity contribution in [2.45, 2.75) is 0 Å². The predicted octanol–water partition coefficient (Wildman–Crippen LogP) is 10.2. The number of hydrogen-bond acceptors (Lipinski definition) is 1. The van der Waals surface area contributed by atoms with Crippen molar-refractivity contribution in [2.75, 3.05) is 0 Å². The van der Waals surface area contributed by atoms with Gasteiger partial charge in [0.25, 0.3) is 0 Å². The van der Waals surface area contributed by atoms with E-state index < -0.39 is 13.4 Å². The fourth-order valence-corrected chi connectivity index (χ4v) is 16.4. The summed E-state index contributed by atoms with van der Waals surface area (Å²) in [6, 6.07) is 75.9. The minimum absolute atomic E-state index is 0.889. The van der Waals surface area contributed by atoms with Gasteiger partial charge < -0.3 is 0 Å². The molecule has 11 rings (SSSR count). The summed E-state index contributed by atoms with van der Waals surface area (Å²) in [6.45, 7) is 0. The molecule has 0 radical (unpaired) electrons. The molecule has 0 saturated carbocycles. The summed E-state index contributed by atoms with van der Waals surface area (Å²) < 4.78 is 2.44. The van der Waals surface area contributed by atoms with Gasteiger partial charge in [0.05, 0.1) is 0 Å². The van der Waals surface area contributed by atoms with Crippen LogP contribution in [0.15, 0.2) is 206 Å². The SMILES string of the molecule is [Se]=P(c1ccccc1)(c1ccc2c(ccc3ccccc32)c1)c1cccc2c1nc1c3c(P(c4ccccc4)c4ccccc4)cccc3c3ccccc3n21. The summed E-state index contributed by atoms with van der Waals surface area (Å²) in [7, 11) is -0.889. The van der Waals surface area contributed by atoms with E-state index in [2.05, 4.69) is 226 Å². The van der Waals surface area contributed by atoms with Gasteiger partial charge in [-0.3, -0.25) is 0 Å². The van der Waals surface area contributed by atoms with Gasteiger partial charge in [-0.2, -0.15) is 0 Å². The zero-order valence-corrected chi connectivity index (χ0v) is 33.8. The number of para-hydroxylation sites is 2. The third kappa shape index (κ3) is 5.20. The molecule has 0 amide bonds. The van der Waals surface area contributed by atoms with Gasteiger partial charge in [-0.1, -0.05) is 0 Å². The fourth-order valence-electron chi connectivity index (χ4n) is 8.68. The third-order valence-corrected chi connectivity index (χ3v) is 20.6. The van der Waals surface area contributed by atoms with Crippen molar-refractivity contribution < 1.29 is 0 Å². The Morgan fingerprint density at radius 3 is 1.80 bits per heavy atom. The van der Waals surface area contributed by atoms with Crippen molar-refractivity contribution in [3.63, 3.8) is 0 Å². The van der Waals surface area contributed by atoms with E-state index in [9.17, 15) is 0 Å². The fraction of sp³-hybridized carbons (Fsp3) is 0. The predicted molar refractivity (Wildman–Crippen MR) is 246 cm³/mol. The van der Waals surface area contributed by atoms with Crippen LogP contribution >= 0.6 is 13.4 Å². The van der Waals surface area contributed by atoms with Gasteiger partial charge in [0.2, 0.25) is 0 Å². The number of rotatable bonds is 6. The van der Waals surface area contributed by atoms with Crippen LogP contribution in [0.1, 0.15) is 0 Å². The van der Waals surface area contributed by atoms with Crippen LogP contribution in [-0.4, -0.2) is 24.5 Å². The molecule has 56 heavy (non-hydrogen) atoms. The van der Waals surface area contributed by atoms with Crippen LogP contribution in [0.2, 0.25) is 0 Å². The second-order valence-corrected chi connectivity index (χ2v) is 22.6. The molecule has 5 heteroatoms. The molecule has 2 aromatic heterocycles. The van der Waals surface area contributed by atoms with Gasteiger partial charge >= 0.3 is 336 Å². The number of imidazole rings is 1. The molecule has 9 aromatic carbocycles. The molecule has 0 aliphatic rings. The molecule has 0 saturated heterocycles. The number of hydrogen-bond donors (Lipinski definition) is 0. The standard InChI is InChI=1S/C51H34N2P2Se/c56-55(39-21-8-3-9-22-39,40-32-33-42-36(34-40)31-30-35-16-10-11-23-41(35)42)48-29-15-27-46-50(48)52-51-49-44(43-24-12-13-26-45(43)53(46)51)25-14-28-47(49)54(37-17-4-1-5-18-37)38-19-6-2-7-20-38/h1-34H. The number of pyridine rings is 1. The molecule has 1 unspecified atom stereocenters. The average molecular weight is 816 g/mol. The molecule has 0 aliphatic heterocycles. The van der Waals surface area contributed by atoms with Crippen LogP contribution in [0.3, 0.4) is 0 Å². The average Bonchev–Trinajstić information content (AvgIpc) is 3.67. The first-order chi connectivity index (χ1) is 27.7. The Morgan fingerprint density at radius 1 is 0.446 bits per heavy atom. The Kier molecular flexibility index (Phi) is 8.13. The summed E-state index contributed by atoms with van der Waals surface area (Å²) >= 11 is 3.89. The van der Waals surface area contributed by atoms with Crippen LogP contribution in [-0.2, 0) is 0 Å². The zero-order valence-electron chi connectivity index (χ0n) is 30.3. The van der Waals surface area contributed by atoms with E-state index in [1.165, 1.54) is 69.5 Å². The van der Waals surface area contributed by atoms with Gasteiger partial charge in [0.1, 0.15) is 0 Å². The van der Waals surface area contributed by atoms with Crippen molar-refractivity contribution in [1.29, 1.82) is 0 Å². The van der Waals surface area contributed by atoms with E-state index in [1.807, 2.05) is 0 Å². The Bertz CT molecular complexity index is 3300. The van der Waals surface area contributed by atoms with Crippen molar-refractivity contribution in [3.05, 3.63) is 206 Å². The maximum atomic E-state index is 5.83. The summed E-state index contributed by atoms with van der Waals surface area (Å²) in [6.07, 6.45) is 0. The van der Waals surface area contributed by atoms with E-state index in [4.69, 9.17) is 4.98 Å². The molecule has 11 aromatic rings. The number of fused-ring (bicyclic) bond motifs is 11. The quantitative estimate of drug-likeness (QED) is 0.0929. The van der Waals surface area contributed by atoms with Crippen LogP contribution in [0, 0.1) is 0 Å². The van der Waals surface area contributed by atoms with Crippen LogP contribution in [0.5, 0.6) is 0 Å². The van der Waals surface area contributed by atoms with E-state index in [0.29, 0.717) is 0 Å². The number of aromatic nitrogens is 2. The van der Waals surface area contributed by atoms with Crippen molar-refractivity contribution in [3.8, 4) is 0 Å². The van der Waals surface area contributed by atoms with Crippen LogP contribution < -0.4 is 31.8 Å². The van der Waals surface area contributed by atoms with Gasteiger partial charge in [0.15, 0.2) is 0 Å². The minimum atomic E-state index is -2.34. The van der Waals surface area contributed by atoms with E-state index >= 15 is 0 Å². The molecule has 264 valence electrons. The molecular weight excluding hydrogens is 781 g/mol. The van der Waals surface area contributed by atoms with Gasteiger partial charge in [-0.05, 0) is 0 Å². The first kappa shape index (κ1) is 33.7. The maximum absolute atomic E-state index is 5.83. The molecule has 0 bridgehead atoms. The van der Waals surface area contributed by atoms with Gasteiger partial charge in [-0.25, -0.2) is 0 Å².